The molecule has 6 nitrogen and oxygen atoms in total. The van der Waals surface area contributed by atoms with E-state index in [1.54, 1.807) is 28.8 Å². The normalized spacial score (nSPS) is 12.0. The van der Waals surface area contributed by atoms with Crippen LogP contribution in [0, 0.1) is 11.6 Å². The molecule has 4 rings (SSSR count). The zero-order chi connectivity index (χ0) is 24.8. The standard InChI is InChI=1S/C26H25F2N5OS/c1-32(2)23(18-9-8-10-19(27)15-18)16-29-24(34)17-35-26-31-30-25(21-13-6-7-14-22(21)28)33(26)20-11-4-3-5-12-20/h3-15,23H,16-17H2,1-2H3,(H,29,34). The smallest absolute Gasteiger partial charge is 0.230 e. The van der Waals surface area contributed by atoms with Gasteiger partial charge in [0.15, 0.2) is 11.0 Å². The average Bonchev–Trinajstić information content (AvgIpc) is 3.27. The summed E-state index contributed by atoms with van der Waals surface area (Å²) in [5.74, 6) is -0.476. The van der Waals surface area contributed by atoms with Crippen molar-refractivity contribution in [1.82, 2.24) is 25.0 Å². The van der Waals surface area contributed by atoms with E-state index in [4.69, 9.17) is 0 Å². The molecule has 1 heterocycles. The van der Waals surface area contributed by atoms with Crippen molar-refractivity contribution in [3.05, 3.63) is 96.1 Å². The molecule has 0 saturated heterocycles. The summed E-state index contributed by atoms with van der Waals surface area (Å²) >= 11 is 1.21. The van der Waals surface area contributed by atoms with E-state index >= 15 is 0 Å². The number of aromatic nitrogens is 3. The molecule has 0 saturated carbocycles. The summed E-state index contributed by atoms with van der Waals surface area (Å²) in [5, 5.41) is 11.9. The second kappa shape index (κ2) is 11.2. The highest BCUT2D eigenvalue weighted by atomic mass is 32.2. The molecule has 1 aromatic heterocycles. The van der Waals surface area contributed by atoms with Crippen molar-refractivity contribution >= 4 is 17.7 Å². The van der Waals surface area contributed by atoms with Crippen molar-refractivity contribution in [1.29, 1.82) is 0 Å². The van der Waals surface area contributed by atoms with Gasteiger partial charge in [0.2, 0.25) is 5.91 Å². The lowest BCUT2D eigenvalue weighted by Gasteiger charge is -2.25. The molecule has 0 aliphatic heterocycles. The lowest BCUT2D eigenvalue weighted by molar-refractivity contribution is -0.118. The molecule has 0 aliphatic rings. The maximum absolute atomic E-state index is 14.5. The molecule has 1 unspecified atom stereocenters. The second-order valence-electron chi connectivity index (χ2n) is 8.08. The quantitative estimate of drug-likeness (QED) is 0.342. The zero-order valence-corrected chi connectivity index (χ0v) is 20.2. The summed E-state index contributed by atoms with van der Waals surface area (Å²) in [6, 6.07) is 21.9. The summed E-state index contributed by atoms with van der Waals surface area (Å²) in [4.78, 5) is 14.6. The number of para-hydroxylation sites is 1. The number of hydrogen-bond donors (Lipinski definition) is 1. The summed E-state index contributed by atoms with van der Waals surface area (Å²) in [6.07, 6.45) is 0. The number of benzene rings is 3. The highest BCUT2D eigenvalue weighted by molar-refractivity contribution is 7.99. The first-order chi connectivity index (χ1) is 16.9. The van der Waals surface area contributed by atoms with E-state index in [2.05, 4.69) is 15.5 Å². The number of amides is 1. The number of likely N-dealkylation sites (N-methyl/N-ethyl adjacent to an activating group) is 1. The van der Waals surface area contributed by atoms with Crippen LogP contribution >= 0.6 is 11.8 Å². The van der Waals surface area contributed by atoms with Crippen LogP contribution in [0.2, 0.25) is 0 Å². The largest absolute Gasteiger partial charge is 0.353 e. The van der Waals surface area contributed by atoms with Crippen LogP contribution in [-0.2, 0) is 4.79 Å². The Labute approximate surface area is 207 Å². The molecule has 1 atom stereocenters. The number of thioether (sulfide) groups is 1. The second-order valence-corrected chi connectivity index (χ2v) is 9.03. The van der Waals surface area contributed by atoms with Gasteiger partial charge in [0.05, 0.1) is 17.4 Å². The Morgan fingerprint density at radius 1 is 1.00 bits per heavy atom. The summed E-state index contributed by atoms with van der Waals surface area (Å²) in [7, 11) is 3.76. The van der Waals surface area contributed by atoms with Gasteiger partial charge in [-0.1, -0.05) is 54.2 Å². The number of hydrogen-bond acceptors (Lipinski definition) is 5. The minimum atomic E-state index is -0.404. The fraction of sp³-hybridized carbons (Fsp3) is 0.192. The Kier molecular flexibility index (Phi) is 7.89. The SMILES string of the molecule is CN(C)C(CNC(=O)CSc1nnc(-c2ccccc2F)n1-c1ccccc1)c1cccc(F)c1. The van der Waals surface area contributed by atoms with E-state index in [9.17, 15) is 13.6 Å². The Hall–Kier alpha value is -3.56. The maximum Gasteiger partial charge on any atom is 0.230 e. The van der Waals surface area contributed by atoms with Gasteiger partial charge in [0.25, 0.3) is 0 Å². The molecule has 0 fully saturated rings. The monoisotopic (exact) mass is 493 g/mol. The third kappa shape index (κ3) is 5.93. The topological polar surface area (TPSA) is 63.1 Å². The third-order valence-corrected chi connectivity index (χ3v) is 6.37. The first-order valence-corrected chi connectivity index (χ1v) is 12.0. The summed E-state index contributed by atoms with van der Waals surface area (Å²) < 4.78 is 29.9. The van der Waals surface area contributed by atoms with Crippen LogP contribution in [0.4, 0.5) is 8.78 Å². The van der Waals surface area contributed by atoms with E-state index in [0.717, 1.165) is 11.3 Å². The van der Waals surface area contributed by atoms with Crippen LogP contribution < -0.4 is 5.32 Å². The van der Waals surface area contributed by atoms with E-state index < -0.39 is 5.82 Å². The first-order valence-electron chi connectivity index (χ1n) is 11.0. The molecule has 35 heavy (non-hydrogen) atoms. The van der Waals surface area contributed by atoms with Crippen LogP contribution in [0.3, 0.4) is 0 Å². The van der Waals surface area contributed by atoms with Crippen molar-refractivity contribution < 1.29 is 13.6 Å². The molecule has 1 amide bonds. The number of carbonyl (C=O) groups excluding carboxylic acids is 1. The van der Waals surface area contributed by atoms with Gasteiger partial charge >= 0.3 is 0 Å². The Balaban J connectivity index is 1.49. The molecule has 180 valence electrons. The zero-order valence-electron chi connectivity index (χ0n) is 19.4. The van der Waals surface area contributed by atoms with Crippen LogP contribution in [0.25, 0.3) is 17.1 Å². The van der Waals surface area contributed by atoms with Crippen LogP contribution in [0.1, 0.15) is 11.6 Å². The molecule has 0 bridgehead atoms. The number of rotatable bonds is 9. The van der Waals surface area contributed by atoms with Gasteiger partial charge < -0.3 is 10.2 Å². The van der Waals surface area contributed by atoms with Gasteiger partial charge in [0.1, 0.15) is 11.6 Å². The van der Waals surface area contributed by atoms with Crippen LogP contribution in [0.5, 0.6) is 0 Å². The van der Waals surface area contributed by atoms with Crippen molar-refractivity contribution in [3.63, 3.8) is 0 Å². The Bertz CT molecular complexity index is 1300. The lowest BCUT2D eigenvalue weighted by Crippen LogP contribution is -2.35. The maximum atomic E-state index is 14.5. The molecule has 0 radical (unpaired) electrons. The molecule has 0 spiro atoms. The highest BCUT2D eigenvalue weighted by Gasteiger charge is 2.20. The van der Waals surface area contributed by atoms with Crippen molar-refractivity contribution in [2.45, 2.75) is 11.2 Å². The van der Waals surface area contributed by atoms with Crippen LogP contribution in [-0.4, -0.2) is 52.0 Å². The van der Waals surface area contributed by atoms with E-state index in [0.29, 0.717) is 23.1 Å². The Morgan fingerprint density at radius 2 is 1.74 bits per heavy atom. The van der Waals surface area contributed by atoms with E-state index in [1.165, 1.54) is 30.0 Å². The molecule has 0 aliphatic carbocycles. The molecule has 1 N–H and O–H groups in total. The number of carbonyl (C=O) groups is 1. The first kappa shape index (κ1) is 24.6. The Morgan fingerprint density at radius 3 is 2.46 bits per heavy atom. The van der Waals surface area contributed by atoms with Crippen molar-refractivity contribution in [2.24, 2.45) is 0 Å². The van der Waals surface area contributed by atoms with Gasteiger partial charge in [-0.3, -0.25) is 9.36 Å². The number of halogens is 2. The van der Waals surface area contributed by atoms with Gasteiger partial charge in [-0.15, -0.1) is 10.2 Å². The van der Waals surface area contributed by atoms with E-state index in [-0.39, 0.29) is 23.5 Å². The molecular weight excluding hydrogens is 468 g/mol. The average molecular weight is 494 g/mol. The predicted molar refractivity (Wildman–Crippen MR) is 133 cm³/mol. The number of nitrogens with zero attached hydrogens (tertiary/aromatic N) is 4. The highest BCUT2D eigenvalue weighted by Crippen LogP contribution is 2.29. The molecule has 9 heteroatoms. The van der Waals surface area contributed by atoms with Crippen LogP contribution in [0.15, 0.2) is 84.0 Å². The minimum Gasteiger partial charge on any atom is -0.353 e. The minimum absolute atomic E-state index is 0.0888. The van der Waals surface area contributed by atoms with Crippen molar-refractivity contribution in [3.8, 4) is 17.1 Å². The molecule has 4 aromatic rings. The van der Waals surface area contributed by atoms with Crippen molar-refractivity contribution in [2.75, 3.05) is 26.4 Å². The van der Waals surface area contributed by atoms with Gasteiger partial charge in [-0.05, 0) is 56.1 Å². The summed E-state index contributed by atoms with van der Waals surface area (Å²) in [6.45, 7) is 0.321. The van der Waals surface area contributed by atoms with Gasteiger partial charge in [-0.2, -0.15) is 0 Å². The molecule has 3 aromatic carbocycles. The van der Waals surface area contributed by atoms with E-state index in [1.807, 2.05) is 55.4 Å². The lowest BCUT2D eigenvalue weighted by atomic mass is 10.1. The summed E-state index contributed by atoms with van der Waals surface area (Å²) in [5.41, 5.74) is 1.86. The van der Waals surface area contributed by atoms with Gasteiger partial charge in [0, 0.05) is 12.2 Å². The fourth-order valence-corrected chi connectivity index (χ4v) is 4.48. The number of nitrogens with one attached hydrogen (secondary N) is 1. The third-order valence-electron chi connectivity index (χ3n) is 5.44. The predicted octanol–water partition coefficient (Wildman–Crippen LogP) is 4.72. The van der Waals surface area contributed by atoms with Gasteiger partial charge in [-0.25, -0.2) is 8.78 Å². The fourth-order valence-electron chi connectivity index (χ4n) is 3.69. The molecular formula is C26H25F2N5OS.